The van der Waals surface area contributed by atoms with Crippen molar-refractivity contribution >= 4 is 40.6 Å². The van der Waals surface area contributed by atoms with Crippen LogP contribution in [0.4, 0.5) is 0 Å². The summed E-state index contributed by atoms with van der Waals surface area (Å²) in [7, 11) is 0. The van der Waals surface area contributed by atoms with Crippen LogP contribution in [0.5, 0.6) is 0 Å². The van der Waals surface area contributed by atoms with Crippen LogP contribution in [0.25, 0.3) is 0 Å². The lowest BCUT2D eigenvalue weighted by Crippen LogP contribution is -2.25. The zero-order valence-corrected chi connectivity index (χ0v) is 9.30. The minimum Gasteiger partial charge on any atom is -0.349 e. The van der Waals surface area contributed by atoms with Crippen LogP contribution in [0.2, 0.25) is 4.47 Å². The summed E-state index contributed by atoms with van der Waals surface area (Å²) >= 11 is 8.28. The van der Waals surface area contributed by atoms with E-state index in [2.05, 4.69) is 15.5 Å². The Morgan fingerprint density at radius 2 is 2.46 bits per heavy atom. The zero-order chi connectivity index (χ0) is 9.68. The summed E-state index contributed by atoms with van der Waals surface area (Å²) in [6.07, 6.45) is 1.98. The number of carbonyl (C=O) groups is 1. The molecule has 0 aliphatic heterocycles. The molecule has 1 heterocycles. The predicted molar refractivity (Wildman–Crippen MR) is 55.6 cm³/mol. The first kappa shape index (κ1) is 10.7. The molecule has 1 aromatic heterocycles. The Bertz CT molecular complexity index is 291. The summed E-state index contributed by atoms with van der Waals surface area (Å²) in [6, 6.07) is 0. The SMILES string of the molecule is CSCCNC(=O)c1nnc(Cl)s1. The molecule has 0 aliphatic rings. The number of nitrogens with zero attached hydrogens (tertiary/aromatic N) is 2. The number of halogens is 1. The van der Waals surface area contributed by atoms with Crippen LogP contribution in [-0.4, -0.2) is 34.7 Å². The van der Waals surface area contributed by atoms with Gasteiger partial charge >= 0.3 is 0 Å². The molecule has 1 amide bonds. The van der Waals surface area contributed by atoms with Gasteiger partial charge < -0.3 is 5.32 Å². The molecular weight excluding hydrogens is 230 g/mol. The average Bonchev–Trinajstić information content (AvgIpc) is 2.52. The van der Waals surface area contributed by atoms with Crippen molar-refractivity contribution in [2.75, 3.05) is 18.6 Å². The van der Waals surface area contributed by atoms with E-state index in [0.29, 0.717) is 11.6 Å². The Hall–Kier alpha value is -0.330. The number of aromatic nitrogens is 2. The number of carbonyl (C=O) groups excluding carboxylic acids is 1. The summed E-state index contributed by atoms with van der Waals surface area (Å²) in [5, 5.41) is 10.2. The predicted octanol–water partition coefficient (Wildman–Crippen LogP) is 1.28. The Balaban J connectivity index is 2.40. The largest absolute Gasteiger partial charge is 0.349 e. The fourth-order valence-electron chi connectivity index (χ4n) is 0.639. The molecule has 7 heteroatoms. The molecule has 4 nitrogen and oxygen atoms in total. The zero-order valence-electron chi connectivity index (χ0n) is 6.91. The molecular formula is C6H8ClN3OS2. The first-order valence-corrected chi connectivity index (χ1v) is 6.09. The number of rotatable bonds is 4. The molecule has 0 radical (unpaired) electrons. The van der Waals surface area contributed by atoms with Crippen LogP contribution in [0, 0.1) is 0 Å². The van der Waals surface area contributed by atoms with Gasteiger partial charge in [0.1, 0.15) is 0 Å². The van der Waals surface area contributed by atoms with E-state index in [1.54, 1.807) is 11.8 Å². The summed E-state index contributed by atoms with van der Waals surface area (Å²) < 4.78 is 0.287. The van der Waals surface area contributed by atoms with Crippen molar-refractivity contribution < 1.29 is 4.79 Å². The molecule has 1 rings (SSSR count). The summed E-state index contributed by atoms with van der Waals surface area (Å²) in [5.74, 6) is 0.677. The van der Waals surface area contributed by atoms with E-state index in [4.69, 9.17) is 11.6 Å². The van der Waals surface area contributed by atoms with Gasteiger partial charge in [-0.2, -0.15) is 11.8 Å². The van der Waals surface area contributed by atoms with Crippen LogP contribution >= 0.6 is 34.7 Å². The summed E-state index contributed by atoms with van der Waals surface area (Å²) in [5.41, 5.74) is 0. The highest BCUT2D eigenvalue weighted by Gasteiger charge is 2.10. The van der Waals surface area contributed by atoms with E-state index >= 15 is 0 Å². The van der Waals surface area contributed by atoms with Crippen molar-refractivity contribution in [2.24, 2.45) is 0 Å². The van der Waals surface area contributed by atoms with Crippen molar-refractivity contribution in [3.8, 4) is 0 Å². The third kappa shape index (κ3) is 3.50. The lowest BCUT2D eigenvalue weighted by atomic mass is 10.6. The van der Waals surface area contributed by atoms with Crippen molar-refractivity contribution in [1.82, 2.24) is 15.5 Å². The minimum atomic E-state index is -0.210. The first-order chi connectivity index (χ1) is 6.24. The molecule has 1 aromatic rings. The smallest absolute Gasteiger partial charge is 0.282 e. The Morgan fingerprint density at radius 1 is 1.69 bits per heavy atom. The van der Waals surface area contributed by atoms with Gasteiger partial charge in [0.25, 0.3) is 5.91 Å². The molecule has 0 saturated heterocycles. The molecule has 0 saturated carbocycles. The molecule has 0 atom stereocenters. The van der Waals surface area contributed by atoms with Crippen LogP contribution in [0.15, 0.2) is 0 Å². The molecule has 0 unspecified atom stereocenters. The first-order valence-electron chi connectivity index (χ1n) is 3.50. The van der Waals surface area contributed by atoms with Crippen molar-refractivity contribution in [2.45, 2.75) is 0 Å². The normalized spacial score (nSPS) is 10.0. The van der Waals surface area contributed by atoms with E-state index in [1.165, 1.54) is 0 Å². The van der Waals surface area contributed by atoms with Crippen LogP contribution in [0.3, 0.4) is 0 Å². The van der Waals surface area contributed by atoms with E-state index in [1.807, 2.05) is 6.26 Å². The van der Waals surface area contributed by atoms with Crippen LogP contribution < -0.4 is 5.32 Å². The average molecular weight is 238 g/mol. The van der Waals surface area contributed by atoms with Gasteiger partial charge in [-0.05, 0) is 17.9 Å². The minimum absolute atomic E-state index is 0.210. The number of nitrogens with one attached hydrogen (secondary N) is 1. The van der Waals surface area contributed by atoms with Crippen molar-refractivity contribution in [1.29, 1.82) is 0 Å². The van der Waals surface area contributed by atoms with Crippen LogP contribution in [-0.2, 0) is 0 Å². The van der Waals surface area contributed by atoms with Gasteiger partial charge in [-0.1, -0.05) is 11.3 Å². The molecule has 13 heavy (non-hydrogen) atoms. The van der Waals surface area contributed by atoms with E-state index in [9.17, 15) is 4.79 Å². The van der Waals surface area contributed by atoms with E-state index in [0.717, 1.165) is 17.1 Å². The highest BCUT2D eigenvalue weighted by atomic mass is 35.5. The molecule has 0 spiro atoms. The third-order valence-corrected chi connectivity index (χ3v) is 2.82. The molecule has 0 fully saturated rings. The number of hydrogen-bond donors (Lipinski definition) is 1. The maximum absolute atomic E-state index is 11.3. The lowest BCUT2D eigenvalue weighted by molar-refractivity contribution is 0.0955. The summed E-state index contributed by atoms with van der Waals surface area (Å²) in [6.45, 7) is 0.636. The molecule has 72 valence electrons. The van der Waals surface area contributed by atoms with Gasteiger partial charge in [0, 0.05) is 12.3 Å². The monoisotopic (exact) mass is 237 g/mol. The molecule has 1 N–H and O–H groups in total. The number of thioether (sulfide) groups is 1. The highest BCUT2D eigenvalue weighted by molar-refractivity contribution is 7.98. The van der Waals surface area contributed by atoms with Crippen molar-refractivity contribution in [3.05, 3.63) is 9.47 Å². The second-order valence-electron chi connectivity index (χ2n) is 2.11. The summed E-state index contributed by atoms with van der Waals surface area (Å²) in [4.78, 5) is 11.3. The Kier molecular flexibility index (Phi) is 4.47. The fraction of sp³-hybridized carbons (Fsp3) is 0.500. The second-order valence-corrected chi connectivity index (χ2v) is 4.65. The van der Waals surface area contributed by atoms with Gasteiger partial charge in [-0.3, -0.25) is 4.79 Å². The lowest BCUT2D eigenvalue weighted by Gasteiger charge is -1.98. The quantitative estimate of drug-likeness (QED) is 0.802. The maximum Gasteiger partial charge on any atom is 0.282 e. The molecule has 0 aliphatic carbocycles. The Labute approximate surface area is 89.1 Å². The number of amides is 1. The van der Waals surface area contributed by atoms with Crippen molar-refractivity contribution in [3.63, 3.8) is 0 Å². The van der Waals surface area contributed by atoms with Gasteiger partial charge in [-0.15, -0.1) is 10.2 Å². The fourth-order valence-corrected chi connectivity index (χ4v) is 1.69. The molecule has 0 bridgehead atoms. The molecule has 0 aromatic carbocycles. The third-order valence-electron chi connectivity index (χ3n) is 1.19. The van der Waals surface area contributed by atoms with Gasteiger partial charge in [-0.25, -0.2) is 0 Å². The second kappa shape index (κ2) is 5.41. The van der Waals surface area contributed by atoms with Gasteiger partial charge in [0.15, 0.2) is 0 Å². The topological polar surface area (TPSA) is 54.9 Å². The standard InChI is InChI=1S/C6H8ClN3OS2/c1-12-3-2-8-4(11)5-9-10-6(7)13-5/h2-3H2,1H3,(H,8,11). The number of hydrogen-bond acceptors (Lipinski definition) is 5. The van der Waals surface area contributed by atoms with Gasteiger partial charge in [0.05, 0.1) is 0 Å². The van der Waals surface area contributed by atoms with E-state index < -0.39 is 0 Å². The Morgan fingerprint density at radius 3 is 3.00 bits per heavy atom. The maximum atomic E-state index is 11.3. The van der Waals surface area contributed by atoms with Gasteiger partial charge in [0.2, 0.25) is 9.47 Å². The highest BCUT2D eigenvalue weighted by Crippen LogP contribution is 2.14. The van der Waals surface area contributed by atoms with Crippen LogP contribution in [0.1, 0.15) is 9.80 Å². The van der Waals surface area contributed by atoms with E-state index in [-0.39, 0.29) is 10.4 Å².